The highest BCUT2D eigenvalue weighted by molar-refractivity contribution is 6.01. The fourth-order valence-electron chi connectivity index (χ4n) is 4.14. The van der Waals surface area contributed by atoms with E-state index in [1.165, 1.54) is 12.1 Å². The second-order valence-corrected chi connectivity index (χ2v) is 7.59. The van der Waals surface area contributed by atoms with Crippen LogP contribution in [-0.4, -0.2) is 28.9 Å². The first-order valence-electron chi connectivity index (χ1n) is 10.1. The van der Waals surface area contributed by atoms with E-state index in [0.29, 0.717) is 24.3 Å². The molecule has 0 spiro atoms. The molecular weight excluding hydrogens is 398 g/mol. The van der Waals surface area contributed by atoms with Crippen molar-refractivity contribution in [3.8, 4) is 0 Å². The zero-order valence-electron chi connectivity index (χ0n) is 16.6. The first-order chi connectivity index (χ1) is 15.1. The van der Waals surface area contributed by atoms with Gasteiger partial charge in [-0.05, 0) is 17.7 Å². The summed E-state index contributed by atoms with van der Waals surface area (Å²) in [5.74, 6) is -1.53. The number of nitrogens with zero attached hydrogens (tertiary/aromatic N) is 1. The van der Waals surface area contributed by atoms with Crippen LogP contribution in [0.4, 0.5) is 8.78 Å². The minimum atomic E-state index is -0.824. The number of hydrogen-bond donors (Lipinski definition) is 1. The predicted octanol–water partition coefficient (Wildman–Crippen LogP) is 5.21. The summed E-state index contributed by atoms with van der Waals surface area (Å²) in [6.45, 7) is 1.01. The quantitative estimate of drug-likeness (QED) is 0.497. The highest BCUT2D eigenvalue weighted by atomic mass is 19.1. The van der Waals surface area contributed by atoms with Crippen LogP contribution in [0.2, 0.25) is 0 Å². The third-order valence-electron chi connectivity index (χ3n) is 5.62. The molecule has 1 aromatic heterocycles. The number of ether oxygens (including phenoxy) is 1. The van der Waals surface area contributed by atoms with E-state index in [-0.39, 0.29) is 18.1 Å². The minimum absolute atomic E-state index is 0.175. The third-order valence-corrected chi connectivity index (χ3v) is 5.62. The molecule has 5 rings (SSSR count). The molecule has 6 heteroatoms. The van der Waals surface area contributed by atoms with Gasteiger partial charge in [0.25, 0.3) is 5.91 Å². The Morgan fingerprint density at radius 2 is 1.77 bits per heavy atom. The van der Waals surface area contributed by atoms with Gasteiger partial charge in [0, 0.05) is 41.2 Å². The van der Waals surface area contributed by atoms with Crippen LogP contribution in [0, 0.1) is 11.6 Å². The topological polar surface area (TPSA) is 45.3 Å². The van der Waals surface area contributed by atoms with Crippen LogP contribution in [0.15, 0.2) is 72.8 Å². The Balaban J connectivity index is 1.64. The smallest absolute Gasteiger partial charge is 0.271 e. The van der Waals surface area contributed by atoms with E-state index < -0.39 is 17.7 Å². The molecule has 4 aromatic rings. The summed E-state index contributed by atoms with van der Waals surface area (Å²) in [7, 11) is 0. The monoisotopic (exact) mass is 418 g/mol. The molecule has 0 saturated heterocycles. The van der Waals surface area contributed by atoms with Crippen molar-refractivity contribution in [3.05, 3.63) is 107 Å². The zero-order chi connectivity index (χ0) is 21.4. The molecule has 4 nitrogen and oxygen atoms in total. The Labute approximate surface area is 178 Å². The number of hydrogen-bond acceptors (Lipinski definition) is 2. The van der Waals surface area contributed by atoms with Gasteiger partial charge in [-0.3, -0.25) is 4.79 Å². The first kappa shape index (κ1) is 19.5. The summed E-state index contributed by atoms with van der Waals surface area (Å²) in [6, 6.07) is 20.6. The average Bonchev–Trinajstić information content (AvgIpc) is 3.15. The first-order valence-corrected chi connectivity index (χ1v) is 10.1. The Morgan fingerprint density at radius 3 is 2.58 bits per heavy atom. The number of fused-ring (bicyclic) bond motifs is 3. The number of benzene rings is 3. The highest BCUT2D eigenvalue weighted by Gasteiger charge is 2.32. The molecular formula is C25H20F2N2O2. The number of carbonyl (C=O) groups is 1. The zero-order valence-corrected chi connectivity index (χ0v) is 16.6. The maximum absolute atomic E-state index is 14.7. The minimum Gasteiger partial charge on any atom is -0.367 e. The second kappa shape index (κ2) is 7.96. The molecule has 1 atom stereocenters. The molecule has 1 aliphatic rings. The van der Waals surface area contributed by atoms with Crippen molar-refractivity contribution in [1.82, 2.24) is 9.88 Å². The lowest BCUT2D eigenvalue weighted by Gasteiger charge is -2.29. The summed E-state index contributed by atoms with van der Waals surface area (Å²) < 4.78 is 34.3. The van der Waals surface area contributed by atoms with Gasteiger partial charge in [0.1, 0.15) is 23.4 Å². The Hall–Kier alpha value is -3.51. The van der Waals surface area contributed by atoms with Crippen LogP contribution >= 0.6 is 0 Å². The van der Waals surface area contributed by atoms with Gasteiger partial charge in [-0.15, -0.1) is 0 Å². The van der Waals surface area contributed by atoms with Crippen molar-refractivity contribution < 1.29 is 18.3 Å². The maximum atomic E-state index is 14.7. The Bertz CT molecular complexity index is 1250. The number of para-hydroxylation sites is 1. The third kappa shape index (κ3) is 3.59. The summed E-state index contributed by atoms with van der Waals surface area (Å²) in [5, 5.41) is 0.779. The number of carbonyl (C=O) groups excluding carboxylic acids is 1. The van der Waals surface area contributed by atoms with Gasteiger partial charge >= 0.3 is 0 Å². The number of nitrogens with one attached hydrogen (secondary N) is 1. The summed E-state index contributed by atoms with van der Waals surface area (Å²) in [6.07, 6.45) is -0.824. The molecule has 0 radical (unpaired) electrons. The lowest BCUT2D eigenvalue weighted by Crippen LogP contribution is -2.37. The van der Waals surface area contributed by atoms with Crippen LogP contribution in [0.5, 0.6) is 0 Å². The summed E-state index contributed by atoms with van der Waals surface area (Å²) >= 11 is 0. The molecule has 0 fully saturated rings. The molecule has 0 aliphatic carbocycles. The van der Waals surface area contributed by atoms with Crippen molar-refractivity contribution >= 4 is 16.8 Å². The van der Waals surface area contributed by atoms with E-state index >= 15 is 0 Å². The van der Waals surface area contributed by atoms with Crippen LogP contribution in [-0.2, 0) is 11.3 Å². The van der Waals surface area contributed by atoms with Gasteiger partial charge in [-0.25, -0.2) is 8.78 Å². The van der Waals surface area contributed by atoms with Gasteiger partial charge in [0.15, 0.2) is 0 Å². The number of amides is 1. The molecule has 156 valence electrons. The Kier molecular flexibility index (Phi) is 5.00. The normalized spacial score (nSPS) is 16.8. The van der Waals surface area contributed by atoms with Gasteiger partial charge in [0.2, 0.25) is 0 Å². The molecule has 0 saturated carbocycles. The number of rotatable bonds is 3. The number of H-pyrrole nitrogens is 1. The fraction of sp³-hybridized carbons (Fsp3) is 0.160. The summed E-state index contributed by atoms with van der Waals surface area (Å²) in [5.41, 5.74) is 2.92. The van der Waals surface area contributed by atoms with E-state index in [1.54, 1.807) is 4.90 Å². The van der Waals surface area contributed by atoms with Crippen LogP contribution in [0.1, 0.15) is 33.3 Å². The molecule has 2 heterocycles. The lowest BCUT2D eigenvalue weighted by atomic mass is 9.96. The number of aromatic nitrogens is 1. The SMILES string of the molecule is O=C1c2[nH]c3ccccc3c2C(c2ccc(F)cc2F)OCCN1Cc1ccccc1. The average molecular weight is 418 g/mol. The molecule has 1 unspecified atom stereocenters. The second-order valence-electron chi connectivity index (χ2n) is 7.59. The predicted molar refractivity (Wildman–Crippen MR) is 114 cm³/mol. The Morgan fingerprint density at radius 1 is 1.00 bits per heavy atom. The molecule has 1 aliphatic heterocycles. The largest absolute Gasteiger partial charge is 0.367 e. The van der Waals surface area contributed by atoms with E-state index in [4.69, 9.17) is 4.74 Å². The van der Waals surface area contributed by atoms with E-state index in [0.717, 1.165) is 22.5 Å². The van der Waals surface area contributed by atoms with E-state index in [9.17, 15) is 13.6 Å². The highest BCUT2D eigenvalue weighted by Crippen LogP contribution is 2.37. The standard InChI is InChI=1S/C25H20F2N2O2/c26-17-10-11-18(20(27)14-17)24-22-19-8-4-5-9-21(19)28-23(22)25(30)29(12-13-31-24)15-16-6-2-1-3-7-16/h1-11,14,24,28H,12-13,15H2. The van der Waals surface area contributed by atoms with Crippen LogP contribution < -0.4 is 0 Å². The van der Waals surface area contributed by atoms with Gasteiger partial charge in [0.05, 0.1) is 6.61 Å². The molecule has 31 heavy (non-hydrogen) atoms. The van der Waals surface area contributed by atoms with Gasteiger partial charge < -0.3 is 14.6 Å². The number of aromatic amines is 1. The number of halogens is 2. The maximum Gasteiger partial charge on any atom is 0.271 e. The van der Waals surface area contributed by atoms with Crippen LogP contribution in [0.3, 0.4) is 0 Å². The fourth-order valence-corrected chi connectivity index (χ4v) is 4.14. The van der Waals surface area contributed by atoms with Gasteiger partial charge in [-0.2, -0.15) is 0 Å². The molecule has 1 amide bonds. The molecule has 1 N–H and O–H groups in total. The van der Waals surface area contributed by atoms with Crippen molar-refractivity contribution in [2.24, 2.45) is 0 Å². The van der Waals surface area contributed by atoms with Crippen molar-refractivity contribution in [3.63, 3.8) is 0 Å². The molecule has 0 bridgehead atoms. The van der Waals surface area contributed by atoms with Crippen molar-refractivity contribution in [2.45, 2.75) is 12.6 Å². The lowest BCUT2D eigenvalue weighted by molar-refractivity contribution is 0.0390. The van der Waals surface area contributed by atoms with Gasteiger partial charge in [-0.1, -0.05) is 54.6 Å². The van der Waals surface area contributed by atoms with Crippen molar-refractivity contribution in [2.75, 3.05) is 13.2 Å². The molecule has 3 aromatic carbocycles. The van der Waals surface area contributed by atoms with E-state index in [1.807, 2.05) is 54.6 Å². The van der Waals surface area contributed by atoms with E-state index in [2.05, 4.69) is 4.98 Å². The van der Waals surface area contributed by atoms with Crippen molar-refractivity contribution in [1.29, 1.82) is 0 Å². The van der Waals surface area contributed by atoms with Crippen LogP contribution in [0.25, 0.3) is 10.9 Å². The summed E-state index contributed by atoms with van der Waals surface area (Å²) in [4.78, 5) is 18.5.